The molecule has 108 valence electrons. The highest BCUT2D eigenvalue weighted by atomic mass is 16.6. The third-order valence-corrected chi connectivity index (χ3v) is 4.43. The molecule has 1 spiro atoms. The zero-order chi connectivity index (χ0) is 14.3. The summed E-state index contributed by atoms with van der Waals surface area (Å²) in [6.45, 7) is 5.54. The summed E-state index contributed by atoms with van der Waals surface area (Å²) in [4.78, 5) is 23.2. The highest BCUT2D eigenvalue weighted by molar-refractivity contribution is 5.81. The minimum Gasteiger partial charge on any atom is -0.481 e. The molecule has 19 heavy (non-hydrogen) atoms. The first-order valence-electron chi connectivity index (χ1n) is 6.91. The van der Waals surface area contributed by atoms with Crippen LogP contribution in [0.2, 0.25) is 0 Å². The topological polar surface area (TPSA) is 75.6 Å². The van der Waals surface area contributed by atoms with Crippen LogP contribution in [0, 0.1) is 10.8 Å². The van der Waals surface area contributed by atoms with Crippen molar-refractivity contribution >= 4 is 12.1 Å². The first kappa shape index (κ1) is 14.2. The Morgan fingerprint density at radius 1 is 1.26 bits per heavy atom. The van der Waals surface area contributed by atoms with Gasteiger partial charge in [-0.15, -0.1) is 0 Å². The Hall–Kier alpha value is -1.26. The summed E-state index contributed by atoms with van der Waals surface area (Å²) < 4.78 is 5.15. The lowest BCUT2D eigenvalue weighted by Crippen LogP contribution is -2.40. The van der Waals surface area contributed by atoms with E-state index in [4.69, 9.17) is 4.74 Å². The molecular formula is C14H23NO4. The summed E-state index contributed by atoms with van der Waals surface area (Å²) >= 11 is 0. The molecule has 2 saturated carbocycles. The molecule has 0 aliphatic heterocycles. The third-order valence-electron chi connectivity index (χ3n) is 4.43. The molecule has 2 aliphatic carbocycles. The first-order valence-corrected chi connectivity index (χ1v) is 6.91. The van der Waals surface area contributed by atoms with Gasteiger partial charge in [-0.25, -0.2) is 4.79 Å². The second-order valence-corrected chi connectivity index (χ2v) is 6.91. The zero-order valence-electron chi connectivity index (χ0n) is 11.9. The van der Waals surface area contributed by atoms with Crippen molar-refractivity contribution in [3.05, 3.63) is 0 Å². The number of nitrogens with one attached hydrogen (secondary N) is 1. The number of hydrogen-bond donors (Lipinski definition) is 2. The Morgan fingerprint density at radius 3 is 2.32 bits per heavy atom. The van der Waals surface area contributed by atoms with E-state index in [-0.39, 0.29) is 12.0 Å². The monoisotopic (exact) mass is 269 g/mol. The van der Waals surface area contributed by atoms with E-state index in [9.17, 15) is 14.7 Å². The molecule has 0 radical (unpaired) electrons. The van der Waals surface area contributed by atoms with E-state index in [1.54, 1.807) is 20.8 Å². The fourth-order valence-corrected chi connectivity index (χ4v) is 3.41. The lowest BCUT2D eigenvalue weighted by molar-refractivity contribution is -0.144. The summed E-state index contributed by atoms with van der Waals surface area (Å²) in [5, 5.41) is 12.1. The van der Waals surface area contributed by atoms with Gasteiger partial charge < -0.3 is 15.2 Å². The van der Waals surface area contributed by atoms with Gasteiger partial charge in [-0.3, -0.25) is 4.79 Å². The van der Waals surface area contributed by atoms with Gasteiger partial charge in [0.05, 0.1) is 5.41 Å². The highest BCUT2D eigenvalue weighted by Crippen LogP contribution is 2.71. The van der Waals surface area contributed by atoms with E-state index in [0.717, 1.165) is 25.7 Å². The van der Waals surface area contributed by atoms with Crippen LogP contribution in [0.25, 0.3) is 0 Å². The second-order valence-electron chi connectivity index (χ2n) is 6.91. The van der Waals surface area contributed by atoms with Gasteiger partial charge in [-0.2, -0.15) is 0 Å². The van der Waals surface area contributed by atoms with Crippen LogP contribution in [0.3, 0.4) is 0 Å². The van der Waals surface area contributed by atoms with Gasteiger partial charge in [0, 0.05) is 6.54 Å². The number of ether oxygens (including phenoxy) is 1. The summed E-state index contributed by atoms with van der Waals surface area (Å²) in [5.41, 5.74) is -1.40. The summed E-state index contributed by atoms with van der Waals surface area (Å²) in [7, 11) is 0. The molecule has 0 saturated heterocycles. The van der Waals surface area contributed by atoms with Crippen LogP contribution < -0.4 is 5.32 Å². The van der Waals surface area contributed by atoms with Gasteiger partial charge in [0.1, 0.15) is 5.60 Å². The molecule has 0 aromatic rings. The Balaban J connectivity index is 1.94. The molecule has 1 amide bonds. The molecule has 2 rings (SSSR count). The fourth-order valence-electron chi connectivity index (χ4n) is 3.41. The van der Waals surface area contributed by atoms with Crippen molar-refractivity contribution in [2.75, 3.05) is 6.54 Å². The number of alkyl carbamates (subject to hydrolysis) is 1. The standard InChI is InChI=1S/C14H23NO4/c1-12(2,3)19-11(18)15-9-14(10(16)17)8-13(14)6-4-5-7-13/h4-9H2,1-3H3,(H,15,18)(H,16,17)/t14-/m0/s1. The highest BCUT2D eigenvalue weighted by Gasteiger charge is 2.72. The number of rotatable bonds is 3. The van der Waals surface area contributed by atoms with Gasteiger partial charge in [-0.05, 0) is 45.4 Å². The maximum absolute atomic E-state index is 11.6. The lowest BCUT2D eigenvalue weighted by atomic mass is 9.91. The first-order chi connectivity index (χ1) is 8.71. The van der Waals surface area contributed by atoms with Crippen LogP contribution in [0.5, 0.6) is 0 Å². The van der Waals surface area contributed by atoms with Crippen molar-refractivity contribution in [2.45, 2.75) is 58.5 Å². The van der Waals surface area contributed by atoms with Gasteiger partial charge >= 0.3 is 12.1 Å². The molecule has 1 atom stereocenters. The number of carboxylic acid groups (broad SMARTS) is 1. The number of carbonyl (C=O) groups is 2. The van der Waals surface area contributed by atoms with Gasteiger partial charge in [0.15, 0.2) is 0 Å². The van der Waals surface area contributed by atoms with Crippen LogP contribution in [-0.4, -0.2) is 29.3 Å². The van der Waals surface area contributed by atoms with Crippen molar-refractivity contribution in [3.8, 4) is 0 Å². The predicted molar refractivity (Wildman–Crippen MR) is 69.8 cm³/mol. The average molecular weight is 269 g/mol. The van der Waals surface area contributed by atoms with Crippen molar-refractivity contribution < 1.29 is 19.4 Å². The van der Waals surface area contributed by atoms with E-state index in [0.29, 0.717) is 6.42 Å². The molecule has 0 aromatic heterocycles. The van der Waals surface area contributed by atoms with Crippen LogP contribution in [-0.2, 0) is 9.53 Å². The van der Waals surface area contributed by atoms with E-state index >= 15 is 0 Å². The van der Waals surface area contributed by atoms with Crippen LogP contribution in [0.1, 0.15) is 52.9 Å². The number of aliphatic carboxylic acids is 1. The van der Waals surface area contributed by atoms with E-state index in [1.165, 1.54) is 0 Å². The Bertz CT molecular complexity index is 393. The van der Waals surface area contributed by atoms with Crippen LogP contribution in [0.15, 0.2) is 0 Å². The van der Waals surface area contributed by atoms with Gasteiger partial charge in [0.25, 0.3) is 0 Å². The van der Waals surface area contributed by atoms with Crippen molar-refractivity contribution in [2.24, 2.45) is 10.8 Å². The fraction of sp³-hybridized carbons (Fsp3) is 0.857. The number of hydrogen-bond acceptors (Lipinski definition) is 3. The second kappa shape index (κ2) is 4.39. The van der Waals surface area contributed by atoms with E-state index in [1.807, 2.05) is 0 Å². The Morgan fingerprint density at radius 2 is 1.84 bits per heavy atom. The molecule has 0 heterocycles. The molecule has 0 bridgehead atoms. The smallest absolute Gasteiger partial charge is 0.407 e. The summed E-state index contributed by atoms with van der Waals surface area (Å²) in [6, 6.07) is 0. The maximum atomic E-state index is 11.6. The molecule has 0 aromatic carbocycles. The van der Waals surface area contributed by atoms with Crippen molar-refractivity contribution in [3.63, 3.8) is 0 Å². The number of amides is 1. The molecule has 5 nitrogen and oxygen atoms in total. The average Bonchev–Trinajstić information content (AvgIpc) is 2.60. The molecule has 5 heteroatoms. The largest absolute Gasteiger partial charge is 0.481 e. The molecular weight excluding hydrogens is 246 g/mol. The van der Waals surface area contributed by atoms with Gasteiger partial charge in [-0.1, -0.05) is 12.8 Å². The minimum atomic E-state index is -0.787. The quantitative estimate of drug-likeness (QED) is 0.825. The van der Waals surface area contributed by atoms with E-state index in [2.05, 4.69) is 5.32 Å². The van der Waals surface area contributed by atoms with Gasteiger partial charge in [0.2, 0.25) is 0 Å². The third kappa shape index (κ3) is 2.55. The lowest BCUT2D eigenvalue weighted by Gasteiger charge is -2.22. The summed E-state index contributed by atoms with van der Waals surface area (Å²) in [5.74, 6) is -0.787. The Labute approximate surface area is 113 Å². The number of carbonyl (C=O) groups excluding carboxylic acids is 1. The Kier molecular flexibility index (Phi) is 3.27. The SMILES string of the molecule is CC(C)(C)OC(=O)NC[C@]1(C(=O)O)CC12CCCC2. The molecule has 2 aliphatic rings. The number of carboxylic acids is 1. The van der Waals surface area contributed by atoms with Crippen LogP contribution in [0.4, 0.5) is 4.79 Å². The molecule has 0 unspecified atom stereocenters. The minimum absolute atomic E-state index is 0.0755. The zero-order valence-corrected chi connectivity index (χ0v) is 11.9. The van der Waals surface area contributed by atoms with Crippen molar-refractivity contribution in [1.29, 1.82) is 0 Å². The normalized spacial score (nSPS) is 28.2. The summed E-state index contributed by atoms with van der Waals surface area (Å²) in [6.07, 6.45) is 4.28. The van der Waals surface area contributed by atoms with E-state index < -0.39 is 23.1 Å². The van der Waals surface area contributed by atoms with Crippen molar-refractivity contribution in [1.82, 2.24) is 5.32 Å². The predicted octanol–water partition coefficient (Wildman–Crippen LogP) is 2.55. The van der Waals surface area contributed by atoms with Crippen LogP contribution >= 0.6 is 0 Å². The molecule has 2 fully saturated rings. The maximum Gasteiger partial charge on any atom is 0.407 e. The molecule has 2 N–H and O–H groups in total.